The van der Waals surface area contributed by atoms with E-state index in [1.54, 1.807) is 19.1 Å². The van der Waals surface area contributed by atoms with Gasteiger partial charge in [-0.1, -0.05) is 18.2 Å². The van der Waals surface area contributed by atoms with Crippen LogP contribution in [0.3, 0.4) is 0 Å². The standard InChI is InChI=1S/C16H14N2O6/c1-10-4-2-7-13(15(10)20)16(21)24-9-14(19)17-11-5-3-6-12(8-11)18(22)23/h2-8,20H,9H2,1H3,(H,17,19). The second-order valence-corrected chi connectivity index (χ2v) is 4.90. The summed E-state index contributed by atoms with van der Waals surface area (Å²) in [6.45, 7) is 1.04. The molecular weight excluding hydrogens is 316 g/mol. The van der Waals surface area contributed by atoms with Crippen molar-refractivity contribution in [1.82, 2.24) is 0 Å². The molecule has 0 aliphatic carbocycles. The van der Waals surface area contributed by atoms with Crippen molar-refractivity contribution in [2.24, 2.45) is 0 Å². The summed E-state index contributed by atoms with van der Waals surface area (Å²) in [6.07, 6.45) is 0. The summed E-state index contributed by atoms with van der Waals surface area (Å²) in [4.78, 5) is 33.7. The van der Waals surface area contributed by atoms with Crippen molar-refractivity contribution >= 4 is 23.3 Å². The van der Waals surface area contributed by atoms with Crippen LogP contribution in [-0.2, 0) is 9.53 Å². The Hall–Kier alpha value is -3.42. The molecule has 2 N–H and O–H groups in total. The Morgan fingerprint density at radius 1 is 1.25 bits per heavy atom. The number of non-ortho nitro benzene ring substituents is 1. The van der Waals surface area contributed by atoms with Crippen molar-refractivity contribution < 1.29 is 24.4 Å². The zero-order valence-electron chi connectivity index (χ0n) is 12.7. The third kappa shape index (κ3) is 4.07. The maximum absolute atomic E-state index is 11.9. The van der Waals surface area contributed by atoms with Gasteiger partial charge in [-0.05, 0) is 24.6 Å². The van der Waals surface area contributed by atoms with E-state index in [0.717, 1.165) is 0 Å². The fourth-order valence-electron chi connectivity index (χ4n) is 1.93. The highest BCUT2D eigenvalue weighted by atomic mass is 16.6. The highest BCUT2D eigenvalue weighted by Crippen LogP contribution is 2.22. The summed E-state index contributed by atoms with van der Waals surface area (Å²) >= 11 is 0. The molecular formula is C16H14N2O6. The monoisotopic (exact) mass is 330 g/mol. The number of phenols is 1. The predicted molar refractivity (Wildman–Crippen MR) is 84.9 cm³/mol. The van der Waals surface area contributed by atoms with Crippen molar-refractivity contribution in [2.75, 3.05) is 11.9 Å². The van der Waals surface area contributed by atoms with Crippen molar-refractivity contribution in [2.45, 2.75) is 6.92 Å². The van der Waals surface area contributed by atoms with Gasteiger partial charge in [0.05, 0.1) is 4.92 Å². The van der Waals surface area contributed by atoms with Crippen LogP contribution in [0, 0.1) is 17.0 Å². The largest absolute Gasteiger partial charge is 0.507 e. The number of nitro groups is 1. The number of nitrogens with zero attached hydrogens (tertiary/aromatic N) is 1. The topological polar surface area (TPSA) is 119 Å². The van der Waals surface area contributed by atoms with Gasteiger partial charge in [0, 0.05) is 17.8 Å². The van der Waals surface area contributed by atoms with E-state index in [2.05, 4.69) is 5.32 Å². The Morgan fingerprint density at radius 3 is 2.67 bits per heavy atom. The molecule has 1 amide bonds. The van der Waals surface area contributed by atoms with Crippen molar-refractivity contribution in [3.63, 3.8) is 0 Å². The third-order valence-corrected chi connectivity index (χ3v) is 3.13. The Labute approximate surface area is 136 Å². The number of aromatic hydroxyl groups is 1. The lowest BCUT2D eigenvalue weighted by atomic mass is 10.1. The number of nitrogens with one attached hydrogen (secondary N) is 1. The molecule has 0 fully saturated rings. The number of esters is 1. The van der Waals surface area contributed by atoms with E-state index < -0.39 is 23.4 Å². The van der Waals surface area contributed by atoms with Gasteiger partial charge < -0.3 is 15.2 Å². The second-order valence-electron chi connectivity index (χ2n) is 4.90. The second kappa shape index (κ2) is 7.23. The number of anilines is 1. The van der Waals surface area contributed by atoms with E-state index in [1.165, 1.54) is 30.3 Å². The first-order chi connectivity index (χ1) is 11.4. The summed E-state index contributed by atoms with van der Waals surface area (Å²) in [6, 6.07) is 9.95. The number of hydrogen-bond acceptors (Lipinski definition) is 6. The van der Waals surface area contributed by atoms with Gasteiger partial charge in [0.25, 0.3) is 11.6 Å². The fourth-order valence-corrected chi connectivity index (χ4v) is 1.93. The molecule has 0 spiro atoms. The number of phenolic OH excluding ortho intramolecular Hbond substituents is 1. The van der Waals surface area contributed by atoms with Crippen LogP contribution in [0.25, 0.3) is 0 Å². The summed E-state index contributed by atoms with van der Waals surface area (Å²) < 4.78 is 4.83. The van der Waals surface area contributed by atoms with Crippen LogP contribution in [0.4, 0.5) is 11.4 Å². The molecule has 0 saturated heterocycles. The van der Waals surface area contributed by atoms with E-state index in [1.807, 2.05) is 0 Å². The number of hydrogen-bond donors (Lipinski definition) is 2. The molecule has 8 nitrogen and oxygen atoms in total. The smallest absolute Gasteiger partial charge is 0.342 e. The molecule has 2 aromatic rings. The van der Waals surface area contributed by atoms with Crippen molar-refractivity contribution in [1.29, 1.82) is 0 Å². The van der Waals surface area contributed by atoms with Gasteiger partial charge in [0.2, 0.25) is 0 Å². The number of carbonyl (C=O) groups excluding carboxylic acids is 2. The van der Waals surface area contributed by atoms with E-state index in [4.69, 9.17) is 4.74 Å². The van der Waals surface area contributed by atoms with E-state index >= 15 is 0 Å². The number of aryl methyl sites for hydroxylation is 1. The molecule has 0 aliphatic heterocycles. The van der Waals surface area contributed by atoms with Gasteiger partial charge >= 0.3 is 5.97 Å². The van der Waals surface area contributed by atoms with Crippen LogP contribution in [0.5, 0.6) is 5.75 Å². The molecule has 2 aromatic carbocycles. The summed E-state index contributed by atoms with van der Waals surface area (Å²) in [5.41, 5.74) is 0.502. The van der Waals surface area contributed by atoms with E-state index in [-0.39, 0.29) is 22.7 Å². The Balaban J connectivity index is 1.96. The zero-order valence-corrected chi connectivity index (χ0v) is 12.7. The van der Waals surface area contributed by atoms with Crippen molar-refractivity contribution in [3.8, 4) is 5.75 Å². The number of nitro benzene ring substituents is 1. The van der Waals surface area contributed by atoms with Gasteiger partial charge in [0.15, 0.2) is 6.61 Å². The SMILES string of the molecule is Cc1cccc(C(=O)OCC(=O)Nc2cccc([N+](=O)[O-])c2)c1O. The summed E-state index contributed by atoms with van der Waals surface area (Å²) in [7, 11) is 0. The number of carbonyl (C=O) groups is 2. The molecule has 124 valence electrons. The highest BCUT2D eigenvalue weighted by Gasteiger charge is 2.16. The molecule has 8 heteroatoms. The number of ether oxygens (including phenoxy) is 1. The molecule has 0 aromatic heterocycles. The third-order valence-electron chi connectivity index (χ3n) is 3.13. The van der Waals surface area contributed by atoms with Gasteiger partial charge in [-0.25, -0.2) is 4.79 Å². The Bertz CT molecular complexity index is 803. The number of amides is 1. The maximum atomic E-state index is 11.9. The normalized spacial score (nSPS) is 10.0. The molecule has 0 radical (unpaired) electrons. The molecule has 0 heterocycles. The summed E-state index contributed by atoms with van der Waals surface area (Å²) in [5.74, 6) is -1.71. The molecule has 0 aliphatic rings. The highest BCUT2D eigenvalue weighted by molar-refractivity contribution is 5.97. The minimum absolute atomic E-state index is 0.0434. The van der Waals surface area contributed by atoms with Crippen LogP contribution in [-0.4, -0.2) is 28.5 Å². The van der Waals surface area contributed by atoms with Gasteiger partial charge in [-0.3, -0.25) is 14.9 Å². The predicted octanol–water partition coefficient (Wildman–Crippen LogP) is 2.40. The van der Waals surface area contributed by atoms with Crippen LogP contribution < -0.4 is 5.32 Å². The first-order valence-electron chi connectivity index (χ1n) is 6.88. The van der Waals surface area contributed by atoms with Crippen molar-refractivity contribution in [3.05, 3.63) is 63.7 Å². The molecule has 24 heavy (non-hydrogen) atoms. The minimum atomic E-state index is -0.842. The Morgan fingerprint density at radius 2 is 1.96 bits per heavy atom. The Kier molecular flexibility index (Phi) is 5.10. The molecule has 0 unspecified atom stereocenters. The number of benzene rings is 2. The van der Waals surface area contributed by atoms with Gasteiger partial charge in [-0.15, -0.1) is 0 Å². The average Bonchev–Trinajstić information content (AvgIpc) is 2.55. The lowest BCUT2D eigenvalue weighted by Gasteiger charge is -2.08. The van der Waals surface area contributed by atoms with Gasteiger partial charge in [-0.2, -0.15) is 0 Å². The van der Waals surface area contributed by atoms with Crippen LogP contribution in [0.15, 0.2) is 42.5 Å². The molecule has 0 atom stereocenters. The number of para-hydroxylation sites is 1. The first-order valence-corrected chi connectivity index (χ1v) is 6.88. The fraction of sp³-hybridized carbons (Fsp3) is 0.125. The molecule has 0 bridgehead atoms. The lowest BCUT2D eigenvalue weighted by molar-refractivity contribution is -0.384. The van der Waals surface area contributed by atoms with Crippen LogP contribution >= 0.6 is 0 Å². The molecule has 0 saturated carbocycles. The van der Waals surface area contributed by atoms with E-state index in [9.17, 15) is 24.8 Å². The van der Waals surface area contributed by atoms with Gasteiger partial charge in [0.1, 0.15) is 11.3 Å². The zero-order chi connectivity index (χ0) is 17.7. The minimum Gasteiger partial charge on any atom is -0.507 e. The lowest BCUT2D eigenvalue weighted by Crippen LogP contribution is -2.21. The number of rotatable bonds is 5. The maximum Gasteiger partial charge on any atom is 0.342 e. The average molecular weight is 330 g/mol. The quantitative estimate of drug-likeness (QED) is 0.493. The van der Waals surface area contributed by atoms with Crippen LogP contribution in [0.1, 0.15) is 15.9 Å². The summed E-state index contributed by atoms with van der Waals surface area (Å²) in [5, 5.41) is 22.8. The van der Waals surface area contributed by atoms with E-state index in [0.29, 0.717) is 5.56 Å². The van der Waals surface area contributed by atoms with Crippen LogP contribution in [0.2, 0.25) is 0 Å². The molecule has 2 rings (SSSR count). The first kappa shape index (κ1) is 16.9.